The fraction of sp³-hybridized carbons (Fsp3) is 0.636. The molecule has 0 radical (unpaired) electrons. The van der Waals surface area contributed by atoms with E-state index in [0.29, 0.717) is 5.69 Å². The quantitative estimate of drug-likeness (QED) is 0.749. The fourth-order valence-electron chi connectivity index (χ4n) is 2.04. The highest BCUT2D eigenvalue weighted by Crippen LogP contribution is 2.40. The average Bonchev–Trinajstić information content (AvgIpc) is 2.52. The second-order valence-corrected chi connectivity index (χ2v) is 4.56. The number of hydrogen-bond donors (Lipinski definition) is 2. The van der Waals surface area contributed by atoms with Gasteiger partial charge in [0.1, 0.15) is 12.2 Å². The van der Waals surface area contributed by atoms with Crippen molar-refractivity contribution in [1.82, 2.24) is 9.55 Å². The molecule has 2 rings (SSSR count). The molecule has 18 heavy (non-hydrogen) atoms. The summed E-state index contributed by atoms with van der Waals surface area (Å²) in [4.78, 5) is 15.4. The summed E-state index contributed by atoms with van der Waals surface area (Å²) in [6, 6.07) is 1.54. The molecule has 7 heteroatoms. The van der Waals surface area contributed by atoms with Crippen molar-refractivity contribution in [2.24, 2.45) is 0 Å². The van der Waals surface area contributed by atoms with Crippen molar-refractivity contribution < 1.29 is 19.3 Å². The normalized spacial score (nSPS) is 35.9. The van der Waals surface area contributed by atoms with Gasteiger partial charge in [-0.25, -0.2) is 9.18 Å². The first-order chi connectivity index (χ1) is 8.37. The van der Waals surface area contributed by atoms with Gasteiger partial charge < -0.3 is 14.9 Å². The highest BCUT2D eigenvalue weighted by molar-refractivity contribution is 5.03. The molecule has 1 aliphatic rings. The first kappa shape index (κ1) is 13.1. The van der Waals surface area contributed by atoms with Gasteiger partial charge >= 0.3 is 5.69 Å². The van der Waals surface area contributed by atoms with Crippen LogP contribution in [-0.4, -0.2) is 44.2 Å². The number of aliphatic hydroxyl groups excluding tert-OH is 2. The Balaban J connectivity index is 2.42. The van der Waals surface area contributed by atoms with Gasteiger partial charge in [0, 0.05) is 11.9 Å². The third kappa shape index (κ3) is 1.94. The van der Waals surface area contributed by atoms with E-state index >= 15 is 0 Å². The Morgan fingerprint density at radius 3 is 2.83 bits per heavy atom. The number of alkyl halides is 1. The second kappa shape index (κ2) is 4.42. The van der Waals surface area contributed by atoms with Crippen molar-refractivity contribution in [3.05, 3.63) is 28.4 Å². The molecule has 1 aliphatic heterocycles. The molecule has 6 nitrogen and oxygen atoms in total. The molecule has 0 amide bonds. The summed E-state index contributed by atoms with van der Waals surface area (Å²) in [6.07, 6.45) is -2.50. The van der Waals surface area contributed by atoms with E-state index in [2.05, 4.69) is 4.98 Å². The zero-order valence-corrected chi connectivity index (χ0v) is 10.1. The lowest BCUT2D eigenvalue weighted by Crippen LogP contribution is -2.42. The van der Waals surface area contributed by atoms with Crippen LogP contribution in [-0.2, 0) is 4.74 Å². The highest BCUT2D eigenvalue weighted by atomic mass is 19.1. The number of halogens is 1. The zero-order valence-electron chi connectivity index (χ0n) is 10.1. The summed E-state index contributed by atoms with van der Waals surface area (Å²) in [7, 11) is 0. The number of rotatable bonds is 2. The number of aliphatic hydroxyl groups is 2. The summed E-state index contributed by atoms with van der Waals surface area (Å²) in [5.41, 5.74) is -2.32. The molecule has 1 aromatic heterocycles. The number of ether oxygens (including phenoxy) is 1. The van der Waals surface area contributed by atoms with Crippen LogP contribution in [0, 0.1) is 6.92 Å². The van der Waals surface area contributed by atoms with E-state index in [1.807, 2.05) is 0 Å². The van der Waals surface area contributed by atoms with Crippen molar-refractivity contribution in [1.29, 1.82) is 0 Å². The standard InChI is InChI=1S/C11H15FN2O4/c1-6-3-4-14(10(17)13-6)9-11(2,12)8(16)7(5-15)18-9/h3-4,7-9,15-16H,5H2,1-2H3/t7-,8?,9-,11+/m1/s1. The number of hydrogen-bond acceptors (Lipinski definition) is 5. The predicted octanol–water partition coefficient (Wildman–Crippen LogP) is -0.469. The predicted molar refractivity (Wildman–Crippen MR) is 59.7 cm³/mol. The molecule has 0 spiro atoms. The van der Waals surface area contributed by atoms with Gasteiger partial charge in [-0.05, 0) is 19.9 Å². The smallest absolute Gasteiger partial charge is 0.349 e. The molecule has 1 aromatic rings. The topological polar surface area (TPSA) is 84.6 Å². The molecular weight excluding hydrogens is 243 g/mol. The van der Waals surface area contributed by atoms with Crippen LogP contribution in [0.1, 0.15) is 18.8 Å². The maximum Gasteiger partial charge on any atom is 0.349 e. The molecule has 1 fully saturated rings. The van der Waals surface area contributed by atoms with Crippen molar-refractivity contribution in [3.8, 4) is 0 Å². The van der Waals surface area contributed by atoms with Crippen LogP contribution < -0.4 is 5.69 Å². The molecule has 1 unspecified atom stereocenters. The maximum atomic E-state index is 14.4. The minimum absolute atomic E-state index is 0.508. The molecule has 2 N–H and O–H groups in total. The van der Waals surface area contributed by atoms with E-state index in [1.165, 1.54) is 6.20 Å². The Labute approximate surface area is 103 Å². The first-order valence-corrected chi connectivity index (χ1v) is 5.57. The molecule has 0 aromatic carbocycles. The monoisotopic (exact) mass is 258 g/mol. The summed E-state index contributed by atoms with van der Waals surface area (Å²) in [5, 5.41) is 18.7. The van der Waals surface area contributed by atoms with Crippen molar-refractivity contribution in [3.63, 3.8) is 0 Å². The number of aromatic nitrogens is 2. The first-order valence-electron chi connectivity index (χ1n) is 5.57. The molecule has 2 heterocycles. The third-order valence-electron chi connectivity index (χ3n) is 3.12. The largest absolute Gasteiger partial charge is 0.394 e. The summed E-state index contributed by atoms with van der Waals surface area (Å²) < 4.78 is 20.6. The van der Waals surface area contributed by atoms with E-state index in [1.54, 1.807) is 13.0 Å². The van der Waals surface area contributed by atoms with Gasteiger partial charge in [-0.15, -0.1) is 0 Å². The Hall–Kier alpha value is -1.31. The molecule has 4 atom stereocenters. The second-order valence-electron chi connectivity index (χ2n) is 4.56. The van der Waals surface area contributed by atoms with E-state index in [-0.39, 0.29) is 0 Å². The van der Waals surface area contributed by atoms with Crippen LogP contribution in [0.2, 0.25) is 0 Å². The van der Waals surface area contributed by atoms with Crippen molar-refractivity contribution >= 4 is 0 Å². The molecule has 0 bridgehead atoms. The number of aryl methyl sites for hydroxylation is 1. The van der Waals surface area contributed by atoms with Gasteiger partial charge in [-0.1, -0.05) is 0 Å². The van der Waals surface area contributed by atoms with Gasteiger partial charge in [-0.2, -0.15) is 4.98 Å². The lowest BCUT2D eigenvalue weighted by molar-refractivity contribution is -0.0611. The summed E-state index contributed by atoms with van der Waals surface area (Å²) >= 11 is 0. The summed E-state index contributed by atoms with van der Waals surface area (Å²) in [6.45, 7) is 2.25. The Morgan fingerprint density at radius 2 is 2.33 bits per heavy atom. The van der Waals surface area contributed by atoms with Gasteiger partial charge in [0.25, 0.3) is 0 Å². The SMILES string of the molecule is Cc1ccn([C@@H]2O[C@H](CO)C(O)[C@]2(C)F)c(=O)n1. The van der Waals surface area contributed by atoms with Crippen LogP contribution in [0.25, 0.3) is 0 Å². The van der Waals surface area contributed by atoms with Gasteiger partial charge in [0.15, 0.2) is 11.9 Å². The van der Waals surface area contributed by atoms with Gasteiger partial charge in [0.05, 0.1) is 6.61 Å². The van der Waals surface area contributed by atoms with E-state index in [9.17, 15) is 14.3 Å². The van der Waals surface area contributed by atoms with Crippen LogP contribution in [0.4, 0.5) is 4.39 Å². The van der Waals surface area contributed by atoms with E-state index in [4.69, 9.17) is 9.84 Å². The maximum absolute atomic E-state index is 14.4. The average molecular weight is 258 g/mol. The van der Waals surface area contributed by atoms with Crippen molar-refractivity contribution in [2.45, 2.75) is 38.0 Å². The Bertz CT molecular complexity index is 502. The van der Waals surface area contributed by atoms with Crippen molar-refractivity contribution in [2.75, 3.05) is 6.61 Å². The van der Waals surface area contributed by atoms with Gasteiger partial charge in [-0.3, -0.25) is 4.57 Å². The van der Waals surface area contributed by atoms with E-state index < -0.39 is 36.4 Å². The Kier molecular flexibility index (Phi) is 3.22. The minimum atomic E-state index is -2.17. The fourth-order valence-corrected chi connectivity index (χ4v) is 2.04. The van der Waals surface area contributed by atoms with Crippen LogP contribution in [0.5, 0.6) is 0 Å². The van der Waals surface area contributed by atoms with E-state index in [0.717, 1.165) is 11.5 Å². The van der Waals surface area contributed by atoms with Crippen LogP contribution in [0.15, 0.2) is 17.1 Å². The molecular formula is C11H15FN2O4. The third-order valence-corrected chi connectivity index (χ3v) is 3.12. The van der Waals surface area contributed by atoms with Crippen LogP contribution >= 0.6 is 0 Å². The molecule has 0 aliphatic carbocycles. The van der Waals surface area contributed by atoms with Crippen LogP contribution in [0.3, 0.4) is 0 Å². The highest BCUT2D eigenvalue weighted by Gasteiger charge is 2.55. The number of nitrogens with zero attached hydrogens (tertiary/aromatic N) is 2. The lowest BCUT2D eigenvalue weighted by Gasteiger charge is -2.24. The Morgan fingerprint density at radius 1 is 1.67 bits per heavy atom. The molecule has 0 saturated carbocycles. The molecule has 1 saturated heterocycles. The van der Waals surface area contributed by atoms with Gasteiger partial charge in [0.2, 0.25) is 0 Å². The minimum Gasteiger partial charge on any atom is -0.394 e. The summed E-state index contributed by atoms with van der Waals surface area (Å²) in [5.74, 6) is 0. The molecule has 100 valence electrons. The lowest BCUT2D eigenvalue weighted by atomic mass is 9.98. The zero-order chi connectivity index (χ0) is 13.5.